The Morgan fingerprint density at radius 2 is 2.38 bits per heavy atom. The number of allylic oxidation sites excluding steroid dienone is 4. The van der Waals surface area contributed by atoms with Gasteiger partial charge in [-0.15, -0.1) is 0 Å². The quantitative estimate of drug-likeness (QED) is 0.595. The van der Waals surface area contributed by atoms with Crippen molar-refractivity contribution >= 4 is 5.84 Å². The van der Waals surface area contributed by atoms with Gasteiger partial charge in [0.05, 0.1) is 0 Å². The minimum absolute atomic E-state index is 0.699. The van der Waals surface area contributed by atoms with Gasteiger partial charge in [-0.2, -0.15) is 0 Å². The Kier molecular flexibility index (Phi) is 1.54. The lowest BCUT2D eigenvalue weighted by molar-refractivity contribution is 0.453. The van der Waals surface area contributed by atoms with Crippen LogP contribution in [0.15, 0.2) is 28.9 Å². The number of amidine groups is 1. The van der Waals surface area contributed by atoms with Crippen LogP contribution < -0.4 is 5.32 Å². The molecule has 1 aliphatic carbocycles. The molecule has 2 atom stereocenters. The van der Waals surface area contributed by atoms with Gasteiger partial charge in [-0.1, -0.05) is 12.2 Å². The number of hydrogen-bond donors (Lipinski definition) is 1. The third-order valence-electron chi connectivity index (χ3n) is 3.27. The van der Waals surface area contributed by atoms with Crippen molar-refractivity contribution in [2.45, 2.75) is 19.3 Å². The van der Waals surface area contributed by atoms with Crippen molar-refractivity contribution in [1.82, 2.24) is 5.32 Å². The van der Waals surface area contributed by atoms with Crippen molar-refractivity contribution in [3.63, 3.8) is 0 Å². The monoisotopic (exact) mass is 174 g/mol. The van der Waals surface area contributed by atoms with E-state index >= 15 is 0 Å². The second-order valence-electron chi connectivity index (χ2n) is 4.03. The highest BCUT2D eigenvalue weighted by molar-refractivity contribution is 5.90. The van der Waals surface area contributed by atoms with E-state index in [1.54, 1.807) is 0 Å². The lowest BCUT2D eigenvalue weighted by Crippen LogP contribution is -2.24. The molecule has 0 bridgehead atoms. The van der Waals surface area contributed by atoms with Crippen LogP contribution in [0.1, 0.15) is 19.3 Å². The second kappa shape index (κ2) is 2.72. The first kappa shape index (κ1) is 7.36. The molecule has 0 aromatic rings. The average molecular weight is 174 g/mol. The first-order valence-electron chi connectivity index (χ1n) is 5.13. The predicted octanol–water partition coefficient (Wildman–Crippen LogP) is 1.86. The van der Waals surface area contributed by atoms with E-state index in [9.17, 15) is 0 Å². The lowest BCUT2D eigenvalue weighted by Gasteiger charge is -2.20. The highest BCUT2D eigenvalue weighted by Gasteiger charge is 2.37. The summed E-state index contributed by atoms with van der Waals surface area (Å²) in [6.45, 7) is 1.02. The molecule has 1 N–H and O–H groups in total. The van der Waals surface area contributed by atoms with E-state index in [-0.39, 0.29) is 0 Å². The van der Waals surface area contributed by atoms with E-state index in [1.165, 1.54) is 30.8 Å². The summed E-state index contributed by atoms with van der Waals surface area (Å²) in [5.74, 6) is 2.67. The summed E-state index contributed by atoms with van der Waals surface area (Å²) in [7, 11) is 0. The van der Waals surface area contributed by atoms with Gasteiger partial charge in [0.15, 0.2) is 0 Å². The van der Waals surface area contributed by atoms with Gasteiger partial charge in [-0.3, -0.25) is 4.99 Å². The van der Waals surface area contributed by atoms with E-state index in [4.69, 9.17) is 0 Å². The SMILES string of the molecule is C1=CCC2C(=C1)NC1=NCCCC12. The molecule has 2 heterocycles. The number of rotatable bonds is 0. The summed E-state index contributed by atoms with van der Waals surface area (Å²) < 4.78 is 0. The summed E-state index contributed by atoms with van der Waals surface area (Å²) >= 11 is 0. The molecule has 2 unspecified atom stereocenters. The van der Waals surface area contributed by atoms with Gasteiger partial charge in [0.2, 0.25) is 0 Å². The standard InChI is InChI=1S/C11H14N2/c1-2-6-10-8(4-1)9-5-3-7-12-11(9)13-10/h1-2,6,8-9H,3-5,7H2,(H,12,13). The Bertz CT molecular complexity index is 312. The van der Waals surface area contributed by atoms with Crippen LogP contribution in [0.25, 0.3) is 0 Å². The Labute approximate surface area is 78.4 Å². The summed E-state index contributed by atoms with van der Waals surface area (Å²) in [6.07, 6.45) is 10.4. The van der Waals surface area contributed by atoms with E-state index < -0.39 is 0 Å². The first-order chi connectivity index (χ1) is 6.45. The number of nitrogens with one attached hydrogen (secondary N) is 1. The second-order valence-corrected chi connectivity index (χ2v) is 4.03. The predicted molar refractivity (Wildman–Crippen MR) is 53.5 cm³/mol. The molecule has 0 spiro atoms. The van der Waals surface area contributed by atoms with Crippen LogP contribution in [0, 0.1) is 11.8 Å². The summed E-state index contributed by atoms with van der Waals surface area (Å²) in [5, 5.41) is 3.45. The van der Waals surface area contributed by atoms with Crippen LogP contribution in [0.4, 0.5) is 0 Å². The minimum atomic E-state index is 0.699. The van der Waals surface area contributed by atoms with Crippen LogP contribution in [-0.2, 0) is 0 Å². The number of nitrogens with zero attached hydrogens (tertiary/aromatic N) is 1. The van der Waals surface area contributed by atoms with Gasteiger partial charge in [-0.05, 0) is 25.3 Å². The van der Waals surface area contributed by atoms with Crippen molar-refractivity contribution in [3.05, 3.63) is 23.9 Å². The maximum absolute atomic E-state index is 4.55. The van der Waals surface area contributed by atoms with Crippen molar-refractivity contribution in [2.24, 2.45) is 16.8 Å². The van der Waals surface area contributed by atoms with Crippen molar-refractivity contribution in [1.29, 1.82) is 0 Å². The Balaban J connectivity index is 1.96. The van der Waals surface area contributed by atoms with Crippen LogP contribution in [0.2, 0.25) is 0 Å². The summed E-state index contributed by atoms with van der Waals surface area (Å²) in [6, 6.07) is 0. The molecule has 2 nitrogen and oxygen atoms in total. The fraction of sp³-hybridized carbons (Fsp3) is 0.545. The normalized spacial score (nSPS) is 35.7. The zero-order valence-electron chi connectivity index (χ0n) is 7.66. The van der Waals surface area contributed by atoms with E-state index in [1.807, 2.05) is 0 Å². The third kappa shape index (κ3) is 1.05. The highest BCUT2D eigenvalue weighted by Crippen LogP contribution is 2.37. The topological polar surface area (TPSA) is 24.4 Å². The lowest BCUT2D eigenvalue weighted by atomic mass is 9.84. The Morgan fingerprint density at radius 1 is 1.38 bits per heavy atom. The summed E-state index contributed by atoms with van der Waals surface area (Å²) in [5.41, 5.74) is 1.40. The minimum Gasteiger partial charge on any atom is -0.347 e. The number of aliphatic imine (C=N–C) groups is 1. The van der Waals surface area contributed by atoms with Crippen LogP contribution in [0.5, 0.6) is 0 Å². The fourth-order valence-corrected chi connectivity index (χ4v) is 2.60. The van der Waals surface area contributed by atoms with Crippen molar-refractivity contribution < 1.29 is 0 Å². The molecule has 1 saturated heterocycles. The van der Waals surface area contributed by atoms with Gasteiger partial charge < -0.3 is 5.32 Å². The molecule has 13 heavy (non-hydrogen) atoms. The molecule has 0 radical (unpaired) electrons. The summed E-state index contributed by atoms with van der Waals surface area (Å²) in [4.78, 5) is 4.55. The van der Waals surface area contributed by atoms with Crippen molar-refractivity contribution in [2.75, 3.05) is 6.54 Å². The first-order valence-corrected chi connectivity index (χ1v) is 5.13. The molecule has 68 valence electrons. The zero-order valence-corrected chi connectivity index (χ0v) is 7.66. The van der Waals surface area contributed by atoms with Crippen LogP contribution in [-0.4, -0.2) is 12.4 Å². The molecule has 0 aromatic heterocycles. The highest BCUT2D eigenvalue weighted by atomic mass is 15.1. The van der Waals surface area contributed by atoms with Crippen LogP contribution >= 0.6 is 0 Å². The molecule has 0 saturated carbocycles. The smallest absolute Gasteiger partial charge is 0.104 e. The molecule has 0 aromatic carbocycles. The molecule has 2 aliphatic heterocycles. The molecule has 2 heteroatoms. The average Bonchev–Trinajstić information content (AvgIpc) is 2.56. The Hall–Kier alpha value is -1.05. The van der Waals surface area contributed by atoms with Gasteiger partial charge in [0.1, 0.15) is 5.84 Å². The van der Waals surface area contributed by atoms with Gasteiger partial charge >= 0.3 is 0 Å². The number of fused-ring (bicyclic) bond motifs is 3. The van der Waals surface area contributed by atoms with Crippen molar-refractivity contribution in [3.8, 4) is 0 Å². The maximum Gasteiger partial charge on any atom is 0.104 e. The molecule has 3 rings (SSSR count). The van der Waals surface area contributed by atoms with Gasteiger partial charge in [-0.25, -0.2) is 0 Å². The molecule has 0 amide bonds. The van der Waals surface area contributed by atoms with E-state index in [0.29, 0.717) is 11.8 Å². The largest absolute Gasteiger partial charge is 0.347 e. The van der Waals surface area contributed by atoms with E-state index in [0.717, 1.165) is 6.54 Å². The zero-order chi connectivity index (χ0) is 8.67. The van der Waals surface area contributed by atoms with Gasteiger partial charge in [0, 0.05) is 24.1 Å². The molecular formula is C11H14N2. The number of hydrogen-bond acceptors (Lipinski definition) is 2. The van der Waals surface area contributed by atoms with Crippen LogP contribution in [0.3, 0.4) is 0 Å². The van der Waals surface area contributed by atoms with Gasteiger partial charge in [0.25, 0.3) is 0 Å². The molecular weight excluding hydrogens is 160 g/mol. The maximum atomic E-state index is 4.55. The third-order valence-corrected chi connectivity index (χ3v) is 3.27. The van der Waals surface area contributed by atoms with E-state index in [2.05, 4.69) is 28.5 Å². The Morgan fingerprint density at radius 3 is 3.38 bits per heavy atom. The molecule has 1 fully saturated rings. The fourth-order valence-electron chi connectivity index (χ4n) is 2.60. The molecule has 3 aliphatic rings.